The average Bonchev–Trinajstić information content (AvgIpc) is 2.34. The lowest BCUT2D eigenvalue weighted by Gasteiger charge is -2.13. The van der Waals surface area contributed by atoms with Crippen LogP contribution in [-0.2, 0) is 0 Å². The molecule has 5 heteroatoms. The predicted octanol–water partition coefficient (Wildman–Crippen LogP) is 2.11. The molecule has 0 saturated carbocycles. The summed E-state index contributed by atoms with van der Waals surface area (Å²) in [4.78, 5) is 7.63. The number of aromatic nitrogens is 2. The second kappa shape index (κ2) is 4.55. The lowest BCUT2D eigenvalue weighted by Crippen LogP contribution is -2.14. The van der Waals surface area contributed by atoms with Gasteiger partial charge in [-0.05, 0) is 18.6 Å². The van der Waals surface area contributed by atoms with Gasteiger partial charge in [-0.3, -0.25) is 0 Å². The number of rotatable bonds is 2. The summed E-state index contributed by atoms with van der Waals surface area (Å²) >= 11 is 0. The first kappa shape index (κ1) is 11.6. The highest BCUT2D eigenvalue weighted by Crippen LogP contribution is 2.23. The maximum absolute atomic E-state index is 13.6. The number of nitrogens with two attached hydrogens (primary N) is 1. The molecule has 1 aromatic carbocycles. The zero-order chi connectivity index (χ0) is 12.4. The lowest BCUT2D eigenvalue weighted by atomic mass is 9.99. The van der Waals surface area contributed by atoms with Gasteiger partial charge in [0.15, 0.2) is 0 Å². The van der Waals surface area contributed by atoms with Gasteiger partial charge >= 0.3 is 0 Å². The highest BCUT2D eigenvalue weighted by molar-refractivity contribution is 5.33. The van der Waals surface area contributed by atoms with Crippen molar-refractivity contribution in [1.82, 2.24) is 9.97 Å². The molecule has 1 atom stereocenters. The molecule has 0 bridgehead atoms. The first-order valence-electron chi connectivity index (χ1n) is 5.05. The molecule has 0 aliphatic rings. The molecule has 0 fully saturated rings. The Kier molecular flexibility index (Phi) is 3.10. The van der Waals surface area contributed by atoms with Gasteiger partial charge in [-0.2, -0.15) is 0 Å². The Bertz CT molecular complexity index is 529. The molecule has 2 aromatic rings. The second-order valence-corrected chi connectivity index (χ2v) is 3.77. The lowest BCUT2D eigenvalue weighted by molar-refractivity contribution is 0.560. The number of benzene rings is 1. The number of hydrogen-bond donors (Lipinski definition) is 1. The standard InChI is InChI=1S/C12H11F2N3/c1-7-2-9(11(14)3-10(7)13)12(15)8-4-16-6-17-5-8/h2-6,12H,15H2,1H3. The maximum atomic E-state index is 13.6. The van der Waals surface area contributed by atoms with Crippen LogP contribution in [0.25, 0.3) is 0 Å². The van der Waals surface area contributed by atoms with Gasteiger partial charge in [0, 0.05) is 29.6 Å². The van der Waals surface area contributed by atoms with Gasteiger partial charge in [0.05, 0.1) is 6.04 Å². The quantitative estimate of drug-likeness (QED) is 0.867. The van der Waals surface area contributed by atoms with Crippen LogP contribution in [0.4, 0.5) is 8.78 Å². The van der Waals surface area contributed by atoms with Crippen molar-refractivity contribution in [2.24, 2.45) is 5.73 Å². The van der Waals surface area contributed by atoms with Crippen LogP contribution < -0.4 is 5.73 Å². The van der Waals surface area contributed by atoms with E-state index in [0.29, 0.717) is 11.1 Å². The van der Waals surface area contributed by atoms with E-state index in [4.69, 9.17) is 5.73 Å². The smallest absolute Gasteiger partial charge is 0.131 e. The van der Waals surface area contributed by atoms with Gasteiger partial charge in [0.1, 0.15) is 18.0 Å². The SMILES string of the molecule is Cc1cc(C(N)c2cncnc2)c(F)cc1F. The highest BCUT2D eigenvalue weighted by atomic mass is 19.1. The van der Waals surface area contributed by atoms with Gasteiger partial charge in [-0.25, -0.2) is 18.7 Å². The topological polar surface area (TPSA) is 51.8 Å². The van der Waals surface area contributed by atoms with E-state index < -0.39 is 17.7 Å². The molecular formula is C12H11F2N3. The van der Waals surface area contributed by atoms with Crippen LogP contribution in [-0.4, -0.2) is 9.97 Å². The predicted molar refractivity (Wildman–Crippen MR) is 59.2 cm³/mol. The number of hydrogen-bond acceptors (Lipinski definition) is 3. The molecule has 0 spiro atoms. The van der Waals surface area contributed by atoms with Crippen molar-refractivity contribution in [3.05, 3.63) is 59.2 Å². The van der Waals surface area contributed by atoms with Crippen molar-refractivity contribution in [2.75, 3.05) is 0 Å². The monoisotopic (exact) mass is 235 g/mol. The molecule has 1 aromatic heterocycles. The summed E-state index contributed by atoms with van der Waals surface area (Å²) in [7, 11) is 0. The Labute approximate surface area is 97.3 Å². The van der Waals surface area contributed by atoms with Crippen molar-refractivity contribution in [3.8, 4) is 0 Å². The van der Waals surface area contributed by atoms with E-state index in [1.807, 2.05) is 0 Å². The Morgan fingerprint density at radius 3 is 2.41 bits per heavy atom. The third-order valence-electron chi connectivity index (χ3n) is 2.55. The number of halogens is 2. The summed E-state index contributed by atoms with van der Waals surface area (Å²) in [5.41, 5.74) is 7.06. The Balaban J connectivity index is 2.44. The molecule has 0 saturated heterocycles. The Morgan fingerprint density at radius 1 is 1.12 bits per heavy atom. The molecule has 0 radical (unpaired) electrons. The minimum Gasteiger partial charge on any atom is -0.320 e. The van der Waals surface area contributed by atoms with Gasteiger partial charge in [-0.1, -0.05) is 0 Å². The molecule has 0 aliphatic heterocycles. The van der Waals surface area contributed by atoms with Crippen LogP contribution in [0.5, 0.6) is 0 Å². The van der Waals surface area contributed by atoms with Crippen molar-refractivity contribution in [1.29, 1.82) is 0 Å². The van der Waals surface area contributed by atoms with Crippen LogP contribution in [0.15, 0.2) is 30.9 Å². The molecule has 1 heterocycles. The van der Waals surface area contributed by atoms with Crippen LogP contribution in [0.2, 0.25) is 0 Å². The zero-order valence-electron chi connectivity index (χ0n) is 9.19. The van der Waals surface area contributed by atoms with E-state index in [0.717, 1.165) is 6.07 Å². The van der Waals surface area contributed by atoms with Crippen molar-refractivity contribution in [3.63, 3.8) is 0 Å². The summed E-state index contributed by atoms with van der Waals surface area (Å²) in [6.07, 6.45) is 4.38. The normalized spacial score (nSPS) is 12.5. The summed E-state index contributed by atoms with van der Waals surface area (Å²) in [6, 6.07) is 1.55. The van der Waals surface area contributed by atoms with Crippen LogP contribution in [0, 0.1) is 18.6 Å². The summed E-state index contributed by atoms with van der Waals surface area (Å²) in [5, 5.41) is 0. The fraction of sp³-hybridized carbons (Fsp3) is 0.167. The van der Waals surface area contributed by atoms with E-state index in [1.165, 1.54) is 24.8 Å². The maximum Gasteiger partial charge on any atom is 0.131 e. The average molecular weight is 235 g/mol. The van der Waals surface area contributed by atoms with E-state index in [9.17, 15) is 8.78 Å². The van der Waals surface area contributed by atoms with Crippen LogP contribution >= 0.6 is 0 Å². The first-order chi connectivity index (χ1) is 8.09. The van der Waals surface area contributed by atoms with Gasteiger partial charge in [-0.15, -0.1) is 0 Å². The number of nitrogens with zero attached hydrogens (tertiary/aromatic N) is 2. The van der Waals surface area contributed by atoms with E-state index in [-0.39, 0.29) is 5.56 Å². The molecule has 2 rings (SSSR count). The van der Waals surface area contributed by atoms with Gasteiger partial charge in [0.25, 0.3) is 0 Å². The fourth-order valence-electron chi connectivity index (χ4n) is 1.57. The van der Waals surface area contributed by atoms with Gasteiger partial charge < -0.3 is 5.73 Å². The Morgan fingerprint density at radius 2 is 1.76 bits per heavy atom. The fourth-order valence-corrected chi connectivity index (χ4v) is 1.57. The third-order valence-corrected chi connectivity index (χ3v) is 2.55. The second-order valence-electron chi connectivity index (χ2n) is 3.77. The molecule has 17 heavy (non-hydrogen) atoms. The van der Waals surface area contributed by atoms with Crippen molar-refractivity contribution < 1.29 is 8.78 Å². The highest BCUT2D eigenvalue weighted by Gasteiger charge is 2.16. The molecule has 2 N–H and O–H groups in total. The molecule has 3 nitrogen and oxygen atoms in total. The largest absolute Gasteiger partial charge is 0.320 e. The van der Waals surface area contributed by atoms with Crippen molar-refractivity contribution in [2.45, 2.75) is 13.0 Å². The van der Waals surface area contributed by atoms with Crippen molar-refractivity contribution >= 4 is 0 Å². The van der Waals surface area contributed by atoms with E-state index in [1.54, 1.807) is 6.92 Å². The minimum atomic E-state index is -0.699. The molecule has 0 aliphatic carbocycles. The number of aryl methyl sites for hydroxylation is 1. The van der Waals surface area contributed by atoms with Crippen LogP contribution in [0.3, 0.4) is 0 Å². The summed E-state index contributed by atoms with van der Waals surface area (Å²) in [6.45, 7) is 1.56. The summed E-state index contributed by atoms with van der Waals surface area (Å²) in [5.74, 6) is -1.24. The molecular weight excluding hydrogens is 224 g/mol. The Hall–Kier alpha value is -1.88. The van der Waals surface area contributed by atoms with E-state index >= 15 is 0 Å². The third kappa shape index (κ3) is 2.29. The van der Waals surface area contributed by atoms with Crippen LogP contribution in [0.1, 0.15) is 22.7 Å². The minimum absolute atomic E-state index is 0.235. The first-order valence-corrected chi connectivity index (χ1v) is 5.05. The van der Waals surface area contributed by atoms with Gasteiger partial charge in [0.2, 0.25) is 0 Å². The molecule has 1 unspecified atom stereocenters. The molecule has 0 amide bonds. The zero-order valence-corrected chi connectivity index (χ0v) is 9.19. The molecule has 88 valence electrons. The van der Waals surface area contributed by atoms with E-state index in [2.05, 4.69) is 9.97 Å². The summed E-state index contributed by atoms with van der Waals surface area (Å²) < 4.78 is 26.7.